The minimum absolute atomic E-state index is 0. The number of nitrogen functional groups attached to an aromatic ring is 1. The molecule has 0 fully saturated rings. The smallest absolute Gasteiger partial charge is 0.354 e. The van der Waals surface area contributed by atoms with Crippen LogP contribution in [-0.4, -0.2) is 17.6 Å². The molecule has 2 aromatic rings. The summed E-state index contributed by atoms with van der Waals surface area (Å²) in [6, 6.07) is 7.18. The number of hydrogen-bond donors (Lipinski definition) is 2. The van der Waals surface area contributed by atoms with Crippen LogP contribution in [0.2, 0.25) is 0 Å². The molecule has 0 unspecified atom stereocenters. The van der Waals surface area contributed by atoms with Gasteiger partial charge in [-0.15, -0.1) is 12.4 Å². The molecule has 0 spiro atoms. The van der Waals surface area contributed by atoms with Gasteiger partial charge < -0.3 is 15.5 Å². The highest BCUT2D eigenvalue weighted by Gasteiger charge is 2.09. The Morgan fingerprint density at radius 2 is 2.19 bits per heavy atom. The molecule has 5 heteroatoms. The maximum atomic E-state index is 11.4. The average molecular weight is 241 g/mol. The van der Waals surface area contributed by atoms with Crippen molar-refractivity contribution in [3.8, 4) is 0 Å². The Bertz CT molecular complexity index is 508. The van der Waals surface area contributed by atoms with Crippen molar-refractivity contribution in [3.05, 3.63) is 30.0 Å². The Hall–Kier alpha value is -1.68. The van der Waals surface area contributed by atoms with Crippen molar-refractivity contribution in [2.45, 2.75) is 6.92 Å². The van der Waals surface area contributed by atoms with Crippen LogP contribution in [0.1, 0.15) is 17.4 Å². The molecule has 86 valence electrons. The van der Waals surface area contributed by atoms with Crippen LogP contribution in [0.5, 0.6) is 0 Å². The lowest BCUT2D eigenvalue weighted by molar-refractivity contribution is 0.0520. The standard InChI is InChI=1S/C11H12N2O2.ClH/c1-2-15-11(14)10-6-7-5-8(12)3-4-9(7)13-10;/h3-6,13H,2,12H2,1H3;1H. The van der Waals surface area contributed by atoms with Gasteiger partial charge in [0.2, 0.25) is 0 Å². The predicted molar refractivity (Wildman–Crippen MR) is 65.9 cm³/mol. The normalized spacial score (nSPS) is 9.81. The first-order valence-electron chi connectivity index (χ1n) is 4.76. The van der Waals surface area contributed by atoms with Crippen LogP contribution >= 0.6 is 12.4 Å². The van der Waals surface area contributed by atoms with Crippen molar-refractivity contribution in [2.24, 2.45) is 0 Å². The van der Waals surface area contributed by atoms with E-state index in [9.17, 15) is 4.79 Å². The number of fused-ring (bicyclic) bond motifs is 1. The van der Waals surface area contributed by atoms with Gasteiger partial charge in [-0.05, 0) is 31.2 Å². The van der Waals surface area contributed by atoms with Crippen molar-refractivity contribution in [1.82, 2.24) is 4.98 Å². The first kappa shape index (κ1) is 12.4. The summed E-state index contributed by atoms with van der Waals surface area (Å²) in [5.74, 6) is -0.340. The van der Waals surface area contributed by atoms with E-state index in [0.29, 0.717) is 18.0 Å². The summed E-state index contributed by atoms with van der Waals surface area (Å²) in [7, 11) is 0. The number of hydrogen-bond acceptors (Lipinski definition) is 3. The number of carbonyl (C=O) groups excluding carboxylic acids is 1. The van der Waals surface area contributed by atoms with E-state index < -0.39 is 0 Å². The van der Waals surface area contributed by atoms with Gasteiger partial charge in [0.25, 0.3) is 0 Å². The molecule has 2 rings (SSSR count). The van der Waals surface area contributed by atoms with Crippen molar-refractivity contribution < 1.29 is 9.53 Å². The first-order chi connectivity index (χ1) is 7.20. The van der Waals surface area contributed by atoms with Gasteiger partial charge in [-0.1, -0.05) is 0 Å². The highest BCUT2D eigenvalue weighted by Crippen LogP contribution is 2.18. The fraction of sp³-hybridized carbons (Fsp3) is 0.182. The molecule has 1 heterocycles. The molecule has 3 N–H and O–H groups in total. The molecule has 0 saturated carbocycles. The highest BCUT2D eigenvalue weighted by molar-refractivity contribution is 5.95. The molecule has 4 nitrogen and oxygen atoms in total. The number of rotatable bonds is 2. The molecular weight excluding hydrogens is 228 g/mol. The molecule has 0 aliphatic carbocycles. The molecule has 0 radical (unpaired) electrons. The number of carbonyl (C=O) groups is 1. The maximum Gasteiger partial charge on any atom is 0.354 e. The molecule has 0 atom stereocenters. The highest BCUT2D eigenvalue weighted by atomic mass is 35.5. The Morgan fingerprint density at radius 3 is 2.88 bits per heavy atom. The lowest BCUT2D eigenvalue weighted by Crippen LogP contribution is -2.04. The third kappa shape index (κ3) is 2.28. The third-order valence-corrected chi connectivity index (χ3v) is 2.14. The third-order valence-electron chi connectivity index (χ3n) is 2.14. The number of aromatic nitrogens is 1. The van der Waals surface area contributed by atoms with Gasteiger partial charge in [0, 0.05) is 16.6 Å². The van der Waals surface area contributed by atoms with Gasteiger partial charge in [-0.3, -0.25) is 0 Å². The van der Waals surface area contributed by atoms with Crippen LogP contribution in [0.15, 0.2) is 24.3 Å². The Balaban J connectivity index is 0.00000128. The summed E-state index contributed by atoms with van der Waals surface area (Å²) in [4.78, 5) is 14.4. The Labute approximate surface area is 99.2 Å². The fourth-order valence-electron chi connectivity index (χ4n) is 1.47. The van der Waals surface area contributed by atoms with Crippen LogP contribution < -0.4 is 5.73 Å². The van der Waals surface area contributed by atoms with Crippen LogP contribution in [-0.2, 0) is 4.74 Å². The second-order valence-corrected chi connectivity index (χ2v) is 3.25. The Kier molecular flexibility index (Phi) is 3.79. The zero-order valence-electron chi connectivity index (χ0n) is 8.82. The van der Waals surface area contributed by atoms with E-state index in [1.54, 1.807) is 19.1 Å². The molecule has 1 aromatic heterocycles. The van der Waals surface area contributed by atoms with Gasteiger partial charge in [-0.25, -0.2) is 4.79 Å². The number of benzene rings is 1. The molecule has 1 aromatic carbocycles. The first-order valence-corrected chi connectivity index (χ1v) is 4.76. The second kappa shape index (κ2) is 4.90. The largest absolute Gasteiger partial charge is 0.461 e. The van der Waals surface area contributed by atoms with E-state index >= 15 is 0 Å². The SMILES string of the molecule is CCOC(=O)c1cc2cc(N)ccc2[nH]1.Cl. The van der Waals surface area contributed by atoms with Gasteiger partial charge in [0.15, 0.2) is 0 Å². The second-order valence-electron chi connectivity index (χ2n) is 3.25. The molecule has 16 heavy (non-hydrogen) atoms. The number of ether oxygens (including phenoxy) is 1. The monoisotopic (exact) mass is 240 g/mol. The molecule has 0 aliphatic rings. The molecule has 0 amide bonds. The number of anilines is 1. The molecule has 0 bridgehead atoms. The number of esters is 1. The topological polar surface area (TPSA) is 68.1 Å². The van der Waals surface area contributed by atoms with E-state index in [1.165, 1.54) is 0 Å². The van der Waals surface area contributed by atoms with E-state index in [0.717, 1.165) is 10.9 Å². The number of halogens is 1. The minimum Gasteiger partial charge on any atom is -0.461 e. The summed E-state index contributed by atoms with van der Waals surface area (Å²) >= 11 is 0. The minimum atomic E-state index is -0.340. The summed E-state index contributed by atoms with van der Waals surface area (Å²) in [6.45, 7) is 2.15. The lowest BCUT2D eigenvalue weighted by atomic mass is 10.2. The van der Waals surface area contributed by atoms with Crippen LogP contribution in [0.3, 0.4) is 0 Å². The quantitative estimate of drug-likeness (QED) is 0.625. The van der Waals surface area contributed by atoms with Crippen LogP contribution in [0.25, 0.3) is 10.9 Å². The number of aromatic amines is 1. The fourth-order valence-corrected chi connectivity index (χ4v) is 1.47. The zero-order chi connectivity index (χ0) is 10.8. The number of H-pyrrole nitrogens is 1. The van der Waals surface area contributed by atoms with Crippen molar-refractivity contribution in [3.63, 3.8) is 0 Å². The van der Waals surface area contributed by atoms with Crippen molar-refractivity contribution in [1.29, 1.82) is 0 Å². The van der Waals surface area contributed by atoms with Crippen molar-refractivity contribution >= 4 is 35.0 Å². The summed E-state index contributed by atoms with van der Waals surface area (Å²) in [5, 5.41) is 0.915. The predicted octanol–water partition coefficient (Wildman–Crippen LogP) is 2.35. The Morgan fingerprint density at radius 1 is 1.44 bits per heavy atom. The average Bonchev–Trinajstić information content (AvgIpc) is 2.60. The lowest BCUT2D eigenvalue weighted by Gasteiger charge is -1.96. The van der Waals surface area contributed by atoms with E-state index in [-0.39, 0.29) is 18.4 Å². The van der Waals surface area contributed by atoms with Crippen LogP contribution in [0, 0.1) is 0 Å². The molecular formula is C11H13ClN2O2. The van der Waals surface area contributed by atoms with Gasteiger partial charge >= 0.3 is 5.97 Å². The van der Waals surface area contributed by atoms with E-state index in [1.807, 2.05) is 12.1 Å². The molecule has 0 aliphatic heterocycles. The number of nitrogens with one attached hydrogen (secondary N) is 1. The van der Waals surface area contributed by atoms with E-state index in [2.05, 4.69) is 4.98 Å². The van der Waals surface area contributed by atoms with Crippen LogP contribution in [0.4, 0.5) is 5.69 Å². The number of nitrogens with two attached hydrogens (primary N) is 1. The van der Waals surface area contributed by atoms with Gasteiger partial charge in [0.05, 0.1) is 6.61 Å². The summed E-state index contributed by atoms with van der Waals surface area (Å²) in [5.41, 5.74) is 7.65. The maximum absolute atomic E-state index is 11.4. The van der Waals surface area contributed by atoms with Crippen molar-refractivity contribution in [2.75, 3.05) is 12.3 Å². The zero-order valence-corrected chi connectivity index (χ0v) is 9.64. The summed E-state index contributed by atoms with van der Waals surface area (Å²) < 4.78 is 4.89. The molecule has 0 saturated heterocycles. The van der Waals surface area contributed by atoms with Gasteiger partial charge in [-0.2, -0.15) is 0 Å². The van der Waals surface area contributed by atoms with Gasteiger partial charge in [0.1, 0.15) is 5.69 Å². The summed E-state index contributed by atoms with van der Waals surface area (Å²) in [6.07, 6.45) is 0. The van der Waals surface area contributed by atoms with E-state index in [4.69, 9.17) is 10.5 Å².